The van der Waals surface area contributed by atoms with E-state index in [-0.39, 0.29) is 17.4 Å². The van der Waals surface area contributed by atoms with Crippen LogP contribution in [0.5, 0.6) is 11.5 Å². The van der Waals surface area contributed by atoms with E-state index in [4.69, 9.17) is 9.47 Å². The highest BCUT2D eigenvalue weighted by Gasteiger charge is 2.24. The van der Waals surface area contributed by atoms with Crippen molar-refractivity contribution in [1.82, 2.24) is 0 Å². The lowest BCUT2D eigenvalue weighted by Crippen LogP contribution is -2.35. The Kier molecular flexibility index (Phi) is 4.11. The number of carbonyl (C=O) groups is 1. The van der Waals surface area contributed by atoms with Gasteiger partial charge in [0, 0.05) is 14.1 Å². The van der Waals surface area contributed by atoms with Crippen LogP contribution < -0.4 is 24.0 Å². The van der Waals surface area contributed by atoms with Crippen LogP contribution in [0.1, 0.15) is 0 Å². The van der Waals surface area contributed by atoms with Gasteiger partial charge in [-0.25, -0.2) is 8.42 Å². The molecule has 0 saturated heterocycles. The highest BCUT2D eigenvalue weighted by Crippen LogP contribution is 2.36. The highest BCUT2D eigenvalue weighted by atomic mass is 32.2. The standard InChI is InChI=1S/C18H19N3O5S/c1-20-7-8-25-16-6-4-13(10-14(16)20)27(23,24)19-12-3-5-17-15(9-12)21(2)18(22)11-26-17/h3-6,9-10,19H,7-8,11H2,1-2H3. The molecule has 9 heteroatoms. The van der Waals surface area contributed by atoms with E-state index in [1.807, 2.05) is 11.9 Å². The molecule has 0 bridgehead atoms. The Morgan fingerprint density at radius 2 is 1.74 bits per heavy atom. The van der Waals surface area contributed by atoms with Gasteiger partial charge in [-0.3, -0.25) is 9.52 Å². The summed E-state index contributed by atoms with van der Waals surface area (Å²) in [6.07, 6.45) is 0. The van der Waals surface area contributed by atoms with Crippen LogP contribution >= 0.6 is 0 Å². The van der Waals surface area contributed by atoms with Crippen molar-refractivity contribution in [2.45, 2.75) is 4.90 Å². The fraction of sp³-hybridized carbons (Fsp3) is 0.278. The summed E-state index contributed by atoms with van der Waals surface area (Å²) in [5.41, 5.74) is 1.60. The smallest absolute Gasteiger partial charge is 0.264 e. The predicted molar refractivity (Wildman–Crippen MR) is 101 cm³/mol. The first-order valence-electron chi connectivity index (χ1n) is 8.39. The maximum absolute atomic E-state index is 12.8. The number of benzene rings is 2. The molecule has 0 unspecified atom stereocenters. The predicted octanol–water partition coefficient (Wildman–Crippen LogP) is 1.67. The van der Waals surface area contributed by atoms with Gasteiger partial charge in [0.1, 0.15) is 18.1 Å². The molecule has 1 amide bonds. The van der Waals surface area contributed by atoms with E-state index in [0.717, 1.165) is 5.69 Å². The van der Waals surface area contributed by atoms with Gasteiger partial charge in [-0.1, -0.05) is 0 Å². The zero-order valence-electron chi connectivity index (χ0n) is 14.9. The van der Waals surface area contributed by atoms with Crippen LogP contribution in [-0.4, -0.2) is 48.2 Å². The molecular weight excluding hydrogens is 370 g/mol. The number of carbonyl (C=O) groups excluding carboxylic acids is 1. The van der Waals surface area contributed by atoms with Crippen molar-refractivity contribution in [2.75, 3.05) is 48.4 Å². The second kappa shape index (κ2) is 6.34. The van der Waals surface area contributed by atoms with Crippen molar-refractivity contribution in [3.05, 3.63) is 36.4 Å². The molecule has 0 saturated carbocycles. The van der Waals surface area contributed by atoms with E-state index in [1.54, 1.807) is 37.4 Å². The molecule has 0 aromatic heterocycles. The number of nitrogens with zero attached hydrogens (tertiary/aromatic N) is 2. The van der Waals surface area contributed by atoms with E-state index in [2.05, 4.69) is 4.72 Å². The fourth-order valence-corrected chi connectivity index (χ4v) is 4.12. The number of likely N-dealkylation sites (N-methyl/N-ethyl adjacent to an activating group) is 2. The van der Waals surface area contributed by atoms with Crippen LogP contribution in [0.15, 0.2) is 41.3 Å². The summed E-state index contributed by atoms with van der Waals surface area (Å²) in [5.74, 6) is 1.00. The molecular formula is C18H19N3O5S. The monoisotopic (exact) mass is 389 g/mol. The van der Waals surface area contributed by atoms with Crippen molar-refractivity contribution < 1.29 is 22.7 Å². The summed E-state index contributed by atoms with van der Waals surface area (Å²) in [7, 11) is -0.288. The van der Waals surface area contributed by atoms with E-state index in [9.17, 15) is 13.2 Å². The summed E-state index contributed by atoms with van der Waals surface area (Å²) in [6, 6.07) is 9.59. The minimum atomic E-state index is -3.80. The van der Waals surface area contributed by atoms with Gasteiger partial charge in [-0.15, -0.1) is 0 Å². The number of hydrogen-bond acceptors (Lipinski definition) is 6. The van der Waals surface area contributed by atoms with Gasteiger partial charge in [0.2, 0.25) is 0 Å². The Morgan fingerprint density at radius 1 is 1.00 bits per heavy atom. The quantitative estimate of drug-likeness (QED) is 0.859. The SMILES string of the molecule is CN1CCOc2ccc(S(=O)(=O)Nc3ccc4c(c3)N(C)C(=O)CO4)cc21. The third-order valence-corrected chi connectivity index (χ3v) is 6.01. The molecule has 2 aromatic rings. The average Bonchev–Trinajstić information content (AvgIpc) is 2.65. The van der Waals surface area contributed by atoms with Crippen molar-refractivity contribution in [1.29, 1.82) is 0 Å². The molecule has 1 N–H and O–H groups in total. The molecule has 0 aliphatic carbocycles. The van der Waals surface area contributed by atoms with Crippen molar-refractivity contribution in [3.63, 3.8) is 0 Å². The van der Waals surface area contributed by atoms with Crippen LogP contribution in [0.2, 0.25) is 0 Å². The Hall–Kier alpha value is -2.94. The van der Waals surface area contributed by atoms with E-state index < -0.39 is 10.0 Å². The molecule has 0 radical (unpaired) electrons. The number of hydrogen-bond donors (Lipinski definition) is 1. The molecule has 0 spiro atoms. The average molecular weight is 389 g/mol. The fourth-order valence-electron chi connectivity index (χ4n) is 3.05. The first kappa shape index (κ1) is 17.5. The number of anilines is 3. The van der Waals surface area contributed by atoms with Crippen LogP contribution in [0.4, 0.5) is 17.1 Å². The van der Waals surface area contributed by atoms with Gasteiger partial charge in [0.15, 0.2) is 6.61 Å². The Bertz CT molecular complexity index is 1020. The number of fused-ring (bicyclic) bond motifs is 2. The largest absolute Gasteiger partial charge is 0.490 e. The molecule has 2 heterocycles. The molecule has 0 atom stereocenters. The summed E-state index contributed by atoms with van der Waals surface area (Å²) < 4.78 is 39.1. The summed E-state index contributed by atoms with van der Waals surface area (Å²) in [6.45, 7) is 1.23. The summed E-state index contributed by atoms with van der Waals surface area (Å²) in [5, 5.41) is 0. The first-order chi connectivity index (χ1) is 12.8. The zero-order valence-corrected chi connectivity index (χ0v) is 15.7. The van der Waals surface area contributed by atoms with Crippen LogP contribution in [0.25, 0.3) is 0 Å². The van der Waals surface area contributed by atoms with Gasteiger partial charge < -0.3 is 19.3 Å². The lowest BCUT2D eigenvalue weighted by molar-refractivity contribution is -0.120. The molecule has 2 aliphatic rings. The van der Waals surface area contributed by atoms with Gasteiger partial charge in [0.05, 0.1) is 28.5 Å². The van der Waals surface area contributed by atoms with Gasteiger partial charge >= 0.3 is 0 Å². The minimum Gasteiger partial charge on any atom is -0.490 e. The van der Waals surface area contributed by atoms with Crippen molar-refractivity contribution >= 4 is 33.0 Å². The Labute approximate surface area is 157 Å². The van der Waals surface area contributed by atoms with E-state index in [0.29, 0.717) is 36.0 Å². The zero-order chi connectivity index (χ0) is 19.2. The molecule has 8 nitrogen and oxygen atoms in total. The lowest BCUT2D eigenvalue weighted by Gasteiger charge is -2.28. The van der Waals surface area contributed by atoms with Crippen molar-refractivity contribution in [3.8, 4) is 11.5 Å². The molecule has 2 aliphatic heterocycles. The Balaban J connectivity index is 1.65. The third kappa shape index (κ3) is 3.14. The summed E-state index contributed by atoms with van der Waals surface area (Å²) >= 11 is 0. The third-order valence-electron chi connectivity index (χ3n) is 4.63. The number of amides is 1. The summed E-state index contributed by atoms with van der Waals surface area (Å²) in [4.78, 5) is 15.3. The highest BCUT2D eigenvalue weighted by molar-refractivity contribution is 7.92. The molecule has 2 aromatic carbocycles. The molecule has 4 rings (SSSR count). The molecule has 0 fully saturated rings. The lowest BCUT2D eigenvalue weighted by atomic mass is 10.2. The second-order valence-electron chi connectivity index (χ2n) is 6.43. The van der Waals surface area contributed by atoms with E-state index in [1.165, 1.54) is 11.0 Å². The normalized spacial score (nSPS) is 16.1. The van der Waals surface area contributed by atoms with Gasteiger partial charge in [-0.05, 0) is 36.4 Å². The molecule has 142 valence electrons. The number of nitrogens with one attached hydrogen (secondary N) is 1. The number of ether oxygens (including phenoxy) is 2. The number of rotatable bonds is 3. The van der Waals surface area contributed by atoms with Crippen LogP contribution in [0.3, 0.4) is 0 Å². The van der Waals surface area contributed by atoms with Gasteiger partial charge in [0.25, 0.3) is 15.9 Å². The number of sulfonamides is 1. The van der Waals surface area contributed by atoms with Crippen LogP contribution in [0, 0.1) is 0 Å². The first-order valence-corrected chi connectivity index (χ1v) is 9.88. The van der Waals surface area contributed by atoms with Crippen molar-refractivity contribution in [2.24, 2.45) is 0 Å². The topological polar surface area (TPSA) is 88.2 Å². The maximum Gasteiger partial charge on any atom is 0.264 e. The van der Waals surface area contributed by atoms with Gasteiger partial charge in [-0.2, -0.15) is 0 Å². The molecule has 27 heavy (non-hydrogen) atoms. The minimum absolute atomic E-state index is 0.0285. The van der Waals surface area contributed by atoms with E-state index >= 15 is 0 Å². The Morgan fingerprint density at radius 3 is 2.56 bits per heavy atom. The van der Waals surface area contributed by atoms with Crippen LogP contribution in [-0.2, 0) is 14.8 Å². The second-order valence-corrected chi connectivity index (χ2v) is 8.11. The maximum atomic E-state index is 12.8.